The first-order valence-electron chi connectivity index (χ1n) is 11.2. The van der Waals surface area contributed by atoms with Crippen molar-refractivity contribution < 1.29 is 65.9 Å². The first kappa shape index (κ1) is 29.8. The quantitative estimate of drug-likeness (QED) is 0.117. The van der Waals surface area contributed by atoms with Crippen LogP contribution in [0.3, 0.4) is 0 Å². The molecule has 43 heavy (non-hydrogen) atoms. The maximum Gasteiger partial charge on any atom is 0.200 e. The lowest BCUT2D eigenvalue weighted by Gasteiger charge is -2.19. The molecule has 0 unspecified atom stereocenters. The standard InChI is InChI=1S/C27H5F15N/c1-4-2-5(9-12(28)18(34)24(40)19(35)13(9)29)7(11-16(32)22(38)26(42)23(39)17(11)33)8-6(3-43-27(4)8)10-14(30)20(36)25(41)21(37)15(10)31/h2,43H,1H3. The van der Waals surface area contributed by atoms with E-state index in [0.717, 1.165) is 6.92 Å². The molecular formula is C27H5F15N. The van der Waals surface area contributed by atoms with Crippen molar-refractivity contribution >= 4 is 10.9 Å². The Kier molecular flexibility index (Phi) is 6.93. The Bertz CT molecular complexity index is 1960. The number of fused-ring (bicyclic) bond motifs is 1. The van der Waals surface area contributed by atoms with Gasteiger partial charge >= 0.3 is 0 Å². The Balaban J connectivity index is 2.14. The second kappa shape index (κ2) is 9.98. The van der Waals surface area contributed by atoms with E-state index in [9.17, 15) is 57.1 Å². The molecule has 223 valence electrons. The summed E-state index contributed by atoms with van der Waals surface area (Å²) in [5.74, 6) is -40.0. The zero-order valence-electron chi connectivity index (χ0n) is 20.2. The fourth-order valence-electron chi connectivity index (χ4n) is 4.55. The zero-order chi connectivity index (χ0) is 32.0. The van der Waals surface area contributed by atoms with Crippen molar-refractivity contribution in [2.24, 2.45) is 0 Å². The molecule has 5 rings (SSSR count). The molecular weight excluding hydrogens is 623 g/mol. The van der Waals surface area contributed by atoms with E-state index in [1.807, 2.05) is 6.20 Å². The monoisotopic (exact) mass is 628 g/mol. The topological polar surface area (TPSA) is 15.8 Å². The molecule has 1 nitrogen and oxygen atoms in total. The Morgan fingerprint density at radius 2 is 0.744 bits per heavy atom. The Morgan fingerprint density at radius 3 is 1.14 bits per heavy atom. The van der Waals surface area contributed by atoms with E-state index in [1.54, 1.807) is 0 Å². The van der Waals surface area contributed by atoms with Crippen molar-refractivity contribution in [2.45, 2.75) is 6.92 Å². The van der Waals surface area contributed by atoms with Gasteiger partial charge in [0.25, 0.3) is 0 Å². The molecule has 1 aromatic heterocycles. The van der Waals surface area contributed by atoms with Crippen LogP contribution in [0.15, 0.2) is 6.07 Å². The Labute approximate surface area is 227 Å². The molecule has 0 spiro atoms. The molecule has 0 fully saturated rings. The summed E-state index contributed by atoms with van der Waals surface area (Å²) in [5, 5.41) is -1.25. The predicted molar refractivity (Wildman–Crippen MR) is 118 cm³/mol. The fraction of sp³-hybridized carbons (Fsp3) is 0.0370. The van der Waals surface area contributed by atoms with Crippen LogP contribution in [0.5, 0.6) is 0 Å². The minimum atomic E-state index is -2.77. The summed E-state index contributed by atoms with van der Waals surface area (Å²) in [6.07, 6.45) is 1.89. The summed E-state index contributed by atoms with van der Waals surface area (Å²) < 4.78 is 217. The third-order valence-electron chi connectivity index (χ3n) is 6.49. The number of H-pyrrole nitrogens is 1. The van der Waals surface area contributed by atoms with Gasteiger partial charge in [-0.15, -0.1) is 0 Å². The van der Waals surface area contributed by atoms with E-state index in [1.165, 1.54) is 0 Å². The van der Waals surface area contributed by atoms with Crippen molar-refractivity contribution in [3.63, 3.8) is 0 Å². The molecule has 0 bridgehead atoms. The first-order valence-corrected chi connectivity index (χ1v) is 11.2. The molecule has 16 heteroatoms. The van der Waals surface area contributed by atoms with Gasteiger partial charge in [0.1, 0.15) is 0 Å². The highest BCUT2D eigenvalue weighted by atomic mass is 19.2. The third-order valence-corrected chi connectivity index (χ3v) is 6.49. The Hall–Kier alpha value is -4.63. The molecule has 0 aliphatic heterocycles. The number of rotatable bonds is 3. The number of nitrogens with one attached hydrogen (secondary N) is 1. The van der Waals surface area contributed by atoms with Gasteiger partial charge in [-0.05, 0) is 24.1 Å². The summed E-state index contributed by atoms with van der Waals surface area (Å²) in [5.41, 5.74) is -11.7. The van der Waals surface area contributed by atoms with Crippen LogP contribution in [-0.2, 0) is 0 Å². The highest BCUT2D eigenvalue weighted by Gasteiger charge is 2.36. The summed E-state index contributed by atoms with van der Waals surface area (Å²) >= 11 is 0. The summed E-state index contributed by atoms with van der Waals surface area (Å²) in [7, 11) is 0. The lowest BCUT2D eigenvalue weighted by Crippen LogP contribution is -2.08. The van der Waals surface area contributed by atoms with Crippen LogP contribution in [0.1, 0.15) is 5.56 Å². The highest BCUT2D eigenvalue weighted by molar-refractivity contribution is 6.12. The van der Waals surface area contributed by atoms with E-state index in [0.29, 0.717) is 6.07 Å². The molecule has 1 heterocycles. The lowest BCUT2D eigenvalue weighted by atomic mass is 9.86. The van der Waals surface area contributed by atoms with Gasteiger partial charge < -0.3 is 4.98 Å². The van der Waals surface area contributed by atoms with Crippen molar-refractivity contribution in [1.29, 1.82) is 0 Å². The minimum absolute atomic E-state index is 0.423. The molecule has 0 aliphatic carbocycles. The van der Waals surface area contributed by atoms with Gasteiger partial charge in [0.15, 0.2) is 69.8 Å². The molecule has 5 aromatic rings. The number of aromatic amines is 1. The van der Waals surface area contributed by atoms with Crippen LogP contribution in [0.2, 0.25) is 0 Å². The smallest absolute Gasteiger partial charge is 0.200 e. The predicted octanol–water partition coefficient (Wildman–Crippen LogP) is 9.36. The molecule has 0 atom stereocenters. The summed E-state index contributed by atoms with van der Waals surface area (Å²) in [6.45, 7) is 0.965. The maximum atomic E-state index is 15.2. The SMILES string of the molecule is Cc1cc(-c2c(F)c(F)c(F)c(F)c2F)c(-c2c(F)c(F)c(F)c(F)c2F)c2c(-c3c(F)c(F)c(F)c(F)c3F)[c][nH]c12. The largest absolute Gasteiger partial charge is 0.353 e. The maximum absolute atomic E-state index is 15.2. The molecule has 0 aliphatic rings. The van der Waals surface area contributed by atoms with Crippen LogP contribution in [0, 0.1) is 100 Å². The number of aromatic nitrogens is 1. The number of hydrogen-bond donors (Lipinski definition) is 1. The lowest BCUT2D eigenvalue weighted by molar-refractivity contribution is 0.380. The third kappa shape index (κ3) is 3.98. The molecule has 0 saturated carbocycles. The van der Waals surface area contributed by atoms with Gasteiger partial charge in [-0.1, -0.05) is 0 Å². The van der Waals surface area contributed by atoms with Gasteiger partial charge in [-0.25, -0.2) is 65.9 Å². The molecule has 1 N–H and O–H groups in total. The van der Waals surface area contributed by atoms with E-state index in [4.69, 9.17) is 0 Å². The van der Waals surface area contributed by atoms with Crippen LogP contribution in [-0.4, -0.2) is 4.98 Å². The number of halogens is 15. The summed E-state index contributed by atoms with van der Waals surface area (Å²) in [4.78, 5) is 2.09. The van der Waals surface area contributed by atoms with Gasteiger partial charge in [0, 0.05) is 16.5 Å². The van der Waals surface area contributed by atoms with Crippen LogP contribution >= 0.6 is 0 Å². The summed E-state index contributed by atoms with van der Waals surface area (Å²) in [6, 6.07) is 0.445. The first-order chi connectivity index (χ1) is 20.0. The van der Waals surface area contributed by atoms with E-state index in [-0.39, 0.29) is 0 Å². The molecule has 4 aromatic carbocycles. The van der Waals surface area contributed by atoms with Gasteiger partial charge in [-0.2, -0.15) is 0 Å². The normalized spacial score (nSPS) is 11.7. The van der Waals surface area contributed by atoms with E-state index in [2.05, 4.69) is 4.98 Å². The number of hydrogen-bond acceptors (Lipinski definition) is 0. The van der Waals surface area contributed by atoms with Crippen LogP contribution in [0.25, 0.3) is 44.3 Å². The van der Waals surface area contributed by atoms with Crippen LogP contribution in [0.4, 0.5) is 65.9 Å². The second-order valence-corrected chi connectivity index (χ2v) is 8.83. The second-order valence-electron chi connectivity index (χ2n) is 8.83. The number of aryl methyl sites for hydroxylation is 1. The van der Waals surface area contributed by atoms with E-state index >= 15 is 8.78 Å². The van der Waals surface area contributed by atoms with Crippen molar-refractivity contribution in [3.05, 3.63) is 105 Å². The highest BCUT2D eigenvalue weighted by Crippen LogP contribution is 2.49. The molecule has 1 radical (unpaired) electrons. The Morgan fingerprint density at radius 1 is 0.419 bits per heavy atom. The fourth-order valence-corrected chi connectivity index (χ4v) is 4.55. The zero-order valence-corrected chi connectivity index (χ0v) is 20.2. The van der Waals surface area contributed by atoms with Gasteiger partial charge in [0.2, 0.25) is 17.5 Å². The van der Waals surface area contributed by atoms with E-state index < -0.39 is 137 Å². The van der Waals surface area contributed by atoms with Crippen molar-refractivity contribution in [1.82, 2.24) is 4.98 Å². The average Bonchev–Trinajstić information content (AvgIpc) is 3.41. The average molecular weight is 628 g/mol. The molecule has 0 saturated heterocycles. The number of benzene rings is 4. The van der Waals surface area contributed by atoms with Gasteiger partial charge in [-0.3, -0.25) is 0 Å². The van der Waals surface area contributed by atoms with Gasteiger partial charge in [0.05, 0.1) is 28.4 Å². The minimum Gasteiger partial charge on any atom is -0.353 e. The van der Waals surface area contributed by atoms with Crippen molar-refractivity contribution in [2.75, 3.05) is 0 Å². The van der Waals surface area contributed by atoms with Crippen LogP contribution < -0.4 is 0 Å². The molecule has 0 amide bonds. The van der Waals surface area contributed by atoms with Crippen molar-refractivity contribution in [3.8, 4) is 33.4 Å².